The zero-order valence-corrected chi connectivity index (χ0v) is 11.0. The predicted molar refractivity (Wildman–Crippen MR) is 69.4 cm³/mol. The Morgan fingerprint density at radius 3 is 2.19 bits per heavy atom. The van der Waals surface area contributed by atoms with Crippen molar-refractivity contribution >= 4 is 0 Å². The van der Waals surface area contributed by atoms with Crippen LogP contribution in [0.15, 0.2) is 0 Å². The van der Waals surface area contributed by atoms with E-state index in [0.29, 0.717) is 11.5 Å². The molecule has 1 atom stereocenters. The van der Waals surface area contributed by atoms with E-state index in [4.69, 9.17) is 5.73 Å². The first-order chi connectivity index (χ1) is 7.60. The van der Waals surface area contributed by atoms with Gasteiger partial charge in [-0.1, -0.05) is 32.6 Å². The molecule has 0 amide bonds. The summed E-state index contributed by atoms with van der Waals surface area (Å²) in [7, 11) is 0. The largest absolute Gasteiger partial charge is 0.329 e. The minimum atomic E-state index is 0.169. The van der Waals surface area contributed by atoms with Crippen LogP contribution in [0.25, 0.3) is 0 Å². The molecule has 1 unspecified atom stereocenters. The van der Waals surface area contributed by atoms with Gasteiger partial charge in [0.15, 0.2) is 0 Å². The molecule has 2 heteroatoms. The molecule has 0 heterocycles. The summed E-state index contributed by atoms with van der Waals surface area (Å²) >= 11 is 0. The summed E-state index contributed by atoms with van der Waals surface area (Å²) in [5.41, 5.74) is 6.66. The number of rotatable bonds is 4. The lowest BCUT2D eigenvalue weighted by Gasteiger charge is -2.39. The topological polar surface area (TPSA) is 38.0 Å². The first-order valence-electron chi connectivity index (χ1n) is 7.07. The first-order valence-corrected chi connectivity index (χ1v) is 7.07. The van der Waals surface area contributed by atoms with Gasteiger partial charge in [0.2, 0.25) is 0 Å². The molecule has 2 nitrogen and oxygen atoms in total. The molecule has 2 saturated carbocycles. The molecule has 94 valence electrons. The molecule has 3 N–H and O–H groups in total. The van der Waals surface area contributed by atoms with Crippen LogP contribution in [0.4, 0.5) is 0 Å². The quantitative estimate of drug-likeness (QED) is 0.721. The Hall–Kier alpha value is -0.0800. The van der Waals surface area contributed by atoms with Gasteiger partial charge in [-0.2, -0.15) is 0 Å². The molecule has 2 rings (SSSR count). The maximum atomic E-state index is 6.03. The summed E-state index contributed by atoms with van der Waals surface area (Å²) in [5, 5.41) is 3.90. The summed E-state index contributed by atoms with van der Waals surface area (Å²) < 4.78 is 0. The third-order valence-corrected chi connectivity index (χ3v) is 5.12. The Labute approximate surface area is 100 Å². The second-order valence-corrected chi connectivity index (χ2v) is 6.43. The first kappa shape index (κ1) is 12.4. The Bertz CT molecular complexity index is 227. The average Bonchev–Trinajstić information content (AvgIpc) is 3.04. The molecule has 0 saturated heterocycles. The third kappa shape index (κ3) is 2.43. The van der Waals surface area contributed by atoms with E-state index in [1.54, 1.807) is 0 Å². The predicted octanol–water partition coefficient (Wildman–Crippen LogP) is 2.82. The molecular formula is C14H28N2. The second-order valence-electron chi connectivity index (χ2n) is 6.43. The summed E-state index contributed by atoms with van der Waals surface area (Å²) in [6, 6.07) is 0.716. The van der Waals surface area contributed by atoms with Gasteiger partial charge < -0.3 is 11.1 Å². The number of hydrogen-bond acceptors (Lipinski definition) is 2. The molecule has 0 spiro atoms. The van der Waals surface area contributed by atoms with Gasteiger partial charge in [0, 0.05) is 18.1 Å². The van der Waals surface area contributed by atoms with Crippen LogP contribution in [0.1, 0.15) is 65.2 Å². The van der Waals surface area contributed by atoms with Crippen LogP contribution in [0.5, 0.6) is 0 Å². The molecule has 2 aliphatic rings. The smallest absolute Gasteiger partial charge is 0.0331 e. The van der Waals surface area contributed by atoms with E-state index in [-0.39, 0.29) is 5.54 Å². The van der Waals surface area contributed by atoms with Gasteiger partial charge in [-0.05, 0) is 38.0 Å². The Morgan fingerprint density at radius 2 is 1.75 bits per heavy atom. The van der Waals surface area contributed by atoms with E-state index >= 15 is 0 Å². The van der Waals surface area contributed by atoms with Crippen molar-refractivity contribution in [3.05, 3.63) is 0 Å². The molecule has 0 aromatic rings. The molecular weight excluding hydrogens is 196 g/mol. The van der Waals surface area contributed by atoms with Gasteiger partial charge in [0.1, 0.15) is 0 Å². The van der Waals surface area contributed by atoms with E-state index in [1.807, 2.05) is 0 Å². The van der Waals surface area contributed by atoms with Gasteiger partial charge in [-0.25, -0.2) is 0 Å². The molecule has 0 bridgehead atoms. The highest BCUT2D eigenvalue weighted by Gasteiger charge is 2.52. The van der Waals surface area contributed by atoms with Crippen LogP contribution in [0, 0.1) is 5.41 Å². The molecule has 2 aliphatic carbocycles. The minimum Gasteiger partial charge on any atom is -0.329 e. The number of hydrogen-bond donors (Lipinski definition) is 2. The van der Waals surface area contributed by atoms with E-state index in [2.05, 4.69) is 19.2 Å². The fourth-order valence-electron chi connectivity index (χ4n) is 3.09. The normalized spacial score (nSPS) is 29.4. The molecule has 16 heavy (non-hydrogen) atoms. The van der Waals surface area contributed by atoms with Crippen LogP contribution in [0.2, 0.25) is 0 Å². The average molecular weight is 224 g/mol. The van der Waals surface area contributed by atoms with Gasteiger partial charge in [0.25, 0.3) is 0 Å². The maximum Gasteiger partial charge on any atom is 0.0331 e. The van der Waals surface area contributed by atoms with Crippen molar-refractivity contribution < 1.29 is 0 Å². The highest BCUT2D eigenvalue weighted by molar-refractivity contribution is 5.09. The summed E-state index contributed by atoms with van der Waals surface area (Å²) in [4.78, 5) is 0. The fraction of sp³-hybridized carbons (Fsp3) is 1.00. The zero-order chi connectivity index (χ0) is 11.6. The van der Waals surface area contributed by atoms with Crippen LogP contribution >= 0.6 is 0 Å². The van der Waals surface area contributed by atoms with E-state index in [9.17, 15) is 0 Å². The lowest BCUT2D eigenvalue weighted by molar-refractivity contribution is 0.198. The van der Waals surface area contributed by atoms with E-state index < -0.39 is 0 Å². The summed E-state index contributed by atoms with van der Waals surface area (Å²) in [6.45, 7) is 5.51. The van der Waals surface area contributed by atoms with E-state index in [0.717, 1.165) is 6.54 Å². The third-order valence-electron chi connectivity index (χ3n) is 5.12. The highest BCUT2D eigenvalue weighted by atomic mass is 15.1. The van der Waals surface area contributed by atoms with Crippen molar-refractivity contribution in [2.24, 2.45) is 11.1 Å². The number of nitrogens with two attached hydrogens (primary N) is 1. The van der Waals surface area contributed by atoms with Crippen molar-refractivity contribution in [2.75, 3.05) is 6.54 Å². The molecule has 0 aromatic heterocycles. The number of nitrogens with one attached hydrogen (secondary N) is 1. The van der Waals surface area contributed by atoms with Crippen molar-refractivity contribution in [2.45, 2.75) is 76.8 Å². The monoisotopic (exact) mass is 224 g/mol. The maximum absolute atomic E-state index is 6.03. The highest BCUT2D eigenvalue weighted by Crippen LogP contribution is 2.53. The van der Waals surface area contributed by atoms with Crippen LogP contribution in [0.3, 0.4) is 0 Å². The Balaban J connectivity index is 1.94. The van der Waals surface area contributed by atoms with Gasteiger partial charge >= 0.3 is 0 Å². The van der Waals surface area contributed by atoms with Crippen molar-refractivity contribution in [1.82, 2.24) is 5.32 Å². The van der Waals surface area contributed by atoms with Crippen LogP contribution in [-0.4, -0.2) is 18.1 Å². The van der Waals surface area contributed by atoms with Crippen molar-refractivity contribution in [3.63, 3.8) is 0 Å². The Morgan fingerprint density at radius 1 is 1.19 bits per heavy atom. The zero-order valence-electron chi connectivity index (χ0n) is 11.0. The molecule has 0 radical (unpaired) electrons. The van der Waals surface area contributed by atoms with Crippen LogP contribution < -0.4 is 11.1 Å². The van der Waals surface area contributed by atoms with Gasteiger partial charge in [-0.3, -0.25) is 0 Å². The standard InChI is InChI=1S/C14H28N2/c1-13(9-10-13)14(2,11-15)16-12-7-5-3-4-6-8-12/h12,16H,3-11,15H2,1-2H3. The molecule has 0 aromatic carbocycles. The molecule has 0 aliphatic heterocycles. The van der Waals surface area contributed by atoms with Crippen molar-refractivity contribution in [1.29, 1.82) is 0 Å². The van der Waals surface area contributed by atoms with E-state index in [1.165, 1.54) is 51.4 Å². The lowest BCUT2D eigenvalue weighted by atomic mass is 9.82. The minimum absolute atomic E-state index is 0.169. The van der Waals surface area contributed by atoms with Gasteiger partial charge in [0.05, 0.1) is 0 Å². The SMILES string of the molecule is CC1(C(C)(CN)NC2CCCCCC2)CC1. The Kier molecular flexibility index (Phi) is 3.60. The van der Waals surface area contributed by atoms with Gasteiger partial charge in [-0.15, -0.1) is 0 Å². The fourth-order valence-corrected chi connectivity index (χ4v) is 3.09. The molecule has 2 fully saturated rings. The van der Waals surface area contributed by atoms with Crippen molar-refractivity contribution in [3.8, 4) is 0 Å². The second kappa shape index (κ2) is 4.66. The lowest BCUT2D eigenvalue weighted by Crippen LogP contribution is -2.58. The summed E-state index contributed by atoms with van der Waals surface area (Å²) in [5.74, 6) is 0. The van der Waals surface area contributed by atoms with Crippen LogP contribution in [-0.2, 0) is 0 Å². The summed E-state index contributed by atoms with van der Waals surface area (Å²) in [6.07, 6.45) is 11.0.